The minimum atomic E-state index is -0.296. The van der Waals surface area contributed by atoms with Crippen molar-refractivity contribution in [1.82, 2.24) is 20.6 Å². The van der Waals surface area contributed by atoms with Gasteiger partial charge < -0.3 is 20.0 Å². The maximum atomic E-state index is 13.5. The van der Waals surface area contributed by atoms with Gasteiger partial charge in [-0.2, -0.15) is 0 Å². The average Bonchev–Trinajstić information content (AvgIpc) is 3.40. The summed E-state index contributed by atoms with van der Waals surface area (Å²) in [5, 5.41) is 7.40. The van der Waals surface area contributed by atoms with Crippen molar-refractivity contribution in [2.45, 2.75) is 12.8 Å². The van der Waals surface area contributed by atoms with Crippen LogP contribution in [-0.2, 0) is 12.8 Å². The number of fused-ring (bicyclic) bond motifs is 1. The first kappa shape index (κ1) is 20.6. The number of nitrogens with one attached hydrogen (secondary N) is 3. The SMILES string of the molecule is CN=C(NCCc1coc(-c2ccc(F)cc2)n1)NCCc1c[nH]c2ccc(F)cc12. The molecule has 0 atom stereocenters. The second-order valence-corrected chi connectivity index (χ2v) is 7.08. The zero-order chi connectivity index (χ0) is 21.6. The summed E-state index contributed by atoms with van der Waals surface area (Å²) in [5.74, 6) is 0.602. The molecule has 4 rings (SSSR count). The fourth-order valence-electron chi connectivity index (χ4n) is 3.35. The maximum Gasteiger partial charge on any atom is 0.226 e. The van der Waals surface area contributed by atoms with Crippen LogP contribution < -0.4 is 10.6 Å². The number of hydrogen-bond acceptors (Lipinski definition) is 3. The van der Waals surface area contributed by atoms with Crippen molar-refractivity contribution in [3.05, 3.63) is 77.8 Å². The molecule has 0 radical (unpaired) electrons. The molecule has 2 aromatic carbocycles. The fourth-order valence-corrected chi connectivity index (χ4v) is 3.35. The Labute approximate surface area is 178 Å². The second kappa shape index (κ2) is 9.42. The van der Waals surface area contributed by atoms with E-state index in [-0.39, 0.29) is 11.6 Å². The van der Waals surface area contributed by atoms with E-state index in [2.05, 4.69) is 25.6 Å². The molecule has 0 saturated heterocycles. The molecule has 0 bridgehead atoms. The zero-order valence-electron chi connectivity index (χ0n) is 17.1. The van der Waals surface area contributed by atoms with Crippen molar-refractivity contribution < 1.29 is 13.2 Å². The number of rotatable bonds is 7. The molecule has 0 aliphatic carbocycles. The van der Waals surface area contributed by atoms with Crippen LogP contribution in [0, 0.1) is 11.6 Å². The highest BCUT2D eigenvalue weighted by Crippen LogP contribution is 2.20. The standard InChI is InChI=1S/C23H23F2N5O/c1-26-23(27-10-8-16-13-29-21-7-6-18(25)12-20(16)21)28-11-9-19-14-31-22(30-19)15-2-4-17(24)5-3-15/h2-7,12-14,29H,8-11H2,1H3,(H2,26,27,28). The van der Waals surface area contributed by atoms with E-state index in [0.29, 0.717) is 31.4 Å². The number of aliphatic imine (C=N–C) groups is 1. The third kappa shape index (κ3) is 5.09. The summed E-state index contributed by atoms with van der Waals surface area (Å²) in [4.78, 5) is 11.8. The molecule has 2 aromatic heterocycles. The Morgan fingerprint density at radius 1 is 1.03 bits per heavy atom. The van der Waals surface area contributed by atoms with Gasteiger partial charge in [-0.15, -0.1) is 0 Å². The van der Waals surface area contributed by atoms with E-state index in [0.717, 1.165) is 34.1 Å². The van der Waals surface area contributed by atoms with Gasteiger partial charge in [0.2, 0.25) is 5.89 Å². The van der Waals surface area contributed by atoms with Gasteiger partial charge in [0.25, 0.3) is 0 Å². The first-order chi connectivity index (χ1) is 15.1. The summed E-state index contributed by atoms with van der Waals surface area (Å²) >= 11 is 0. The summed E-state index contributed by atoms with van der Waals surface area (Å²) in [6, 6.07) is 10.8. The van der Waals surface area contributed by atoms with Crippen LogP contribution in [0.25, 0.3) is 22.4 Å². The van der Waals surface area contributed by atoms with Crippen molar-refractivity contribution in [1.29, 1.82) is 0 Å². The van der Waals surface area contributed by atoms with Gasteiger partial charge in [0.15, 0.2) is 5.96 Å². The molecule has 0 spiro atoms. The molecule has 0 fully saturated rings. The minimum absolute atomic E-state index is 0.241. The fraction of sp³-hybridized carbons (Fsp3) is 0.217. The second-order valence-electron chi connectivity index (χ2n) is 7.08. The van der Waals surface area contributed by atoms with Crippen LogP contribution in [-0.4, -0.2) is 36.1 Å². The van der Waals surface area contributed by atoms with Gasteiger partial charge in [0.05, 0.1) is 5.69 Å². The van der Waals surface area contributed by atoms with Crippen molar-refractivity contribution in [2.75, 3.05) is 20.1 Å². The van der Waals surface area contributed by atoms with Gasteiger partial charge in [-0.25, -0.2) is 13.8 Å². The molecule has 0 aliphatic heterocycles. The van der Waals surface area contributed by atoms with E-state index < -0.39 is 0 Å². The van der Waals surface area contributed by atoms with Crippen molar-refractivity contribution in [2.24, 2.45) is 4.99 Å². The largest absolute Gasteiger partial charge is 0.444 e. The smallest absolute Gasteiger partial charge is 0.226 e. The van der Waals surface area contributed by atoms with Crippen LogP contribution >= 0.6 is 0 Å². The average molecular weight is 423 g/mol. The Kier molecular flexibility index (Phi) is 6.26. The lowest BCUT2D eigenvalue weighted by Crippen LogP contribution is -2.39. The van der Waals surface area contributed by atoms with E-state index in [9.17, 15) is 8.78 Å². The van der Waals surface area contributed by atoms with Gasteiger partial charge in [-0.05, 0) is 54.4 Å². The van der Waals surface area contributed by atoms with Crippen molar-refractivity contribution >= 4 is 16.9 Å². The van der Waals surface area contributed by atoms with Crippen LogP contribution in [0.4, 0.5) is 8.78 Å². The van der Waals surface area contributed by atoms with Crippen molar-refractivity contribution in [3.8, 4) is 11.5 Å². The molecule has 2 heterocycles. The van der Waals surface area contributed by atoms with Crippen molar-refractivity contribution in [3.63, 3.8) is 0 Å². The first-order valence-electron chi connectivity index (χ1n) is 10.0. The summed E-state index contributed by atoms with van der Waals surface area (Å²) in [6.45, 7) is 1.27. The summed E-state index contributed by atoms with van der Waals surface area (Å²) in [6.07, 6.45) is 4.89. The molecule has 31 heavy (non-hydrogen) atoms. The Bertz CT molecular complexity index is 1180. The number of halogens is 2. The number of aromatic amines is 1. The number of benzene rings is 2. The highest BCUT2D eigenvalue weighted by molar-refractivity contribution is 5.83. The monoisotopic (exact) mass is 423 g/mol. The van der Waals surface area contributed by atoms with Crippen LogP contribution in [0.5, 0.6) is 0 Å². The van der Waals surface area contributed by atoms with Gasteiger partial charge in [0.1, 0.15) is 17.9 Å². The molecule has 0 aliphatic rings. The predicted octanol–water partition coefficient (Wildman–Crippen LogP) is 4.05. The van der Waals surface area contributed by atoms with Crippen LogP contribution in [0.15, 0.2) is 64.3 Å². The maximum absolute atomic E-state index is 13.5. The summed E-state index contributed by atoms with van der Waals surface area (Å²) in [5.41, 5.74) is 3.50. The molecular weight excluding hydrogens is 400 g/mol. The highest BCUT2D eigenvalue weighted by atomic mass is 19.1. The lowest BCUT2D eigenvalue weighted by atomic mass is 10.1. The topological polar surface area (TPSA) is 78.2 Å². The molecule has 3 N–H and O–H groups in total. The van der Waals surface area contributed by atoms with Crippen LogP contribution in [0.2, 0.25) is 0 Å². The highest BCUT2D eigenvalue weighted by Gasteiger charge is 2.08. The zero-order valence-corrected chi connectivity index (χ0v) is 17.1. The molecule has 160 valence electrons. The normalized spacial score (nSPS) is 11.8. The molecule has 8 heteroatoms. The van der Waals surface area contributed by atoms with Gasteiger partial charge >= 0.3 is 0 Å². The summed E-state index contributed by atoms with van der Waals surface area (Å²) < 4.78 is 32.0. The van der Waals surface area contributed by atoms with E-state index in [1.165, 1.54) is 18.2 Å². The van der Waals surface area contributed by atoms with Gasteiger partial charge in [0, 0.05) is 49.2 Å². The number of hydrogen-bond donors (Lipinski definition) is 3. The lowest BCUT2D eigenvalue weighted by Gasteiger charge is -2.11. The van der Waals surface area contributed by atoms with Crippen LogP contribution in [0.3, 0.4) is 0 Å². The summed E-state index contributed by atoms with van der Waals surface area (Å²) in [7, 11) is 1.71. The molecule has 0 amide bonds. The first-order valence-corrected chi connectivity index (χ1v) is 10.0. The van der Waals surface area contributed by atoms with Gasteiger partial charge in [-0.1, -0.05) is 0 Å². The Morgan fingerprint density at radius 3 is 2.55 bits per heavy atom. The van der Waals surface area contributed by atoms with E-state index in [1.54, 1.807) is 37.6 Å². The van der Waals surface area contributed by atoms with Crippen LogP contribution in [0.1, 0.15) is 11.3 Å². The Hall–Kier alpha value is -3.68. The number of H-pyrrole nitrogens is 1. The molecule has 0 saturated carbocycles. The molecular formula is C23H23F2N5O. The van der Waals surface area contributed by atoms with E-state index in [1.807, 2.05) is 6.20 Å². The quantitative estimate of drug-likeness (QED) is 0.310. The minimum Gasteiger partial charge on any atom is -0.444 e. The predicted molar refractivity (Wildman–Crippen MR) is 117 cm³/mol. The number of nitrogens with zero attached hydrogens (tertiary/aromatic N) is 2. The molecule has 0 unspecified atom stereocenters. The number of oxazole rings is 1. The number of aromatic nitrogens is 2. The Morgan fingerprint density at radius 2 is 1.77 bits per heavy atom. The third-order valence-electron chi connectivity index (χ3n) is 4.96. The van der Waals surface area contributed by atoms with E-state index >= 15 is 0 Å². The Balaban J connectivity index is 1.24. The lowest BCUT2D eigenvalue weighted by molar-refractivity contribution is 0.571. The van der Waals surface area contributed by atoms with E-state index in [4.69, 9.17) is 4.42 Å². The molecule has 6 nitrogen and oxygen atoms in total. The van der Waals surface area contributed by atoms with Gasteiger partial charge in [-0.3, -0.25) is 4.99 Å². The number of guanidine groups is 1. The third-order valence-corrected chi connectivity index (χ3v) is 4.96. The molecule has 4 aromatic rings.